The van der Waals surface area contributed by atoms with Gasteiger partial charge in [0.15, 0.2) is 5.16 Å². The summed E-state index contributed by atoms with van der Waals surface area (Å²) < 4.78 is 2.12. The number of hydrogen-bond donors (Lipinski definition) is 1. The Morgan fingerprint density at radius 1 is 1.32 bits per heavy atom. The molecule has 0 saturated heterocycles. The SMILES string of the molecule is Cc1nnc(S[C@H](C)C(=O)N2CC(=O)Nc3ccccc32)n1C1CC1. The van der Waals surface area contributed by atoms with E-state index in [0.29, 0.717) is 11.7 Å². The number of carbonyl (C=O) groups excluding carboxylic acids is 2. The summed E-state index contributed by atoms with van der Waals surface area (Å²) in [6.45, 7) is 3.82. The minimum atomic E-state index is -0.361. The second-order valence-electron chi connectivity index (χ2n) is 6.38. The van der Waals surface area contributed by atoms with Crippen molar-refractivity contribution in [3.05, 3.63) is 30.1 Å². The van der Waals surface area contributed by atoms with Crippen LogP contribution in [-0.2, 0) is 9.59 Å². The Morgan fingerprint density at radius 2 is 2.08 bits per heavy atom. The van der Waals surface area contributed by atoms with Crippen LogP contribution in [0.5, 0.6) is 0 Å². The van der Waals surface area contributed by atoms with Crippen LogP contribution in [0.1, 0.15) is 31.6 Å². The van der Waals surface area contributed by atoms with Crippen molar-refractivity contribution in [1.29, 1.82) is 0 Å². The lowest BCUT2D eigenvalue weighted by atomic mass is 10.2. The number of thioether (sulfide) groups is 1. The molecular weight excluding hydrogens is 338 g/mol. The molecule has 2 amide bonds. The molecule has 7 nitrogen and oxygen atoms in total. The molecule has 0 spiro atoms. The zero-order valence-electron chi connectivity index (χ0n) is 14.1. The van der Waals surface area contributed by atoms with Crippen LogP contribution in [0.2, 0.25) is 0 Å². The number of fused-ring (bicyclic) bond motifs is 1. The molecular formula is C17H19N5O2S. The Hall–Kier alpha value is -2.35. The zero-order chi connectivity index (χ0) is 17.6. The molecule has 1 N–H and O–H groups in total. The molecule has 1 atom stereocenters. The minimum absolute atomic E-state index is 0.0368. The number of benzene rings is 1. The van der Waals surface area contributed by atoms with Crippen LogP contribution in [0.4, 0.5) is 11.4 Å². The van der Waals surface area contributed by atoms with Gasteiger partial charge in [0.05, 0.1) is 16.6 Å². The molecule has 4 rings (SSSR count). The molecule has 0 unspecified atom stereocenters. The molecule has 1 aliphatic heterocycles. The Balaban J connectivity index is 1.56. The lowest BCUT2D eigenvalue weighted by molar-refractivity contribution is -0.121. The first kappa shape index (κ1) is 16.1. The fraction of sp³-hybridized carbons (Fsp3) is 0.412. The summed E-state index contributed by atoms with van der Waals surface area (Å²) in [6, 6.07) is 7.81. The van der Waals surface area contributed by atoms with Gasteiger partial charge >= 0.3 is 0 Å². The molecule has 2 heterocycles. The molecule has 2 aromatic rings. The first-order valence-corrected chi connectivity index (χ1v) is 9.21. The van der Waals surface area contributed by atoms with Crippen molar-refractivity contribution in [3.63, 3.8) is 0 Å². The number of amides is 2. The van der Waals surface area contributed by atoms with E-state index in [9.17, 15) is 9.59 Å². The van der Waals surface area contributed by atoms with E-state index in [-0.39, 0.29) is 23.6 Å². The molecule has 1 saturated carbocycles. The number of aromatic nitrogens is 3. The van der Waals surface area contributed by atoms with E-state index in [1.54, 1.807) is 11.0 Å². The Kier molecular flexibility index (Phi) is 3.99. The largest absolute Gasteiger partial charge is 0.323 e. The van der Waals surface area contributed by atoms with Gasteiger partial charge in [-0.15, -0.1) is 10.2 Å². The van der Waals surface area contributed by atoms with E-state index in [4.69, 9.17) is 0 Å². The number of para-hydroxylation sites is 2. The van der Waals surface area contributed by atoms with Crippen LogP contribution in [0.15, 0.2) is 29.4 Å². The van der Waals surface area contributed by atoms with Gasteiger partial charge < -0.3 is 9.88 Å². The van der Waals surface area contributed by atoms with E-state index in [1.807, 2.05) is 32.0 Å². The molecule has 1 aliphatic carbocycles. The standard InChI is InChI=1S/C17H19N5O2S/c1-10(25-17-20-19-11(2)22(17)12-7-8-12)16(24)21-9-15(23)18-13-5-3-4-6-14(13)21/h3-6,10,12H,7-9H2,1-2H3,(H,18,23)/t10-/m1/s1. The summed E-state index contributed by atoms with van der Waals surface area (Å²) >= 11 is 1.40. The summed E-state index contributed by atoms with van der Waals surface area (Å²) in [6.07, 6.45) is 2.27. The molecule has 8 heteroatoms. The predicted octanol–water partition coefficient (Wildman–Crippen LogP) is 2.39. The van der Waals surface area contributed by atoms with Gasteiger partial charge in [0, 0.05) is 6.04 Å². The van der Waals surface area contributed by atoms with Gasteiger partial charge in [-0.25, -0.2) is 0 Å². The maximum Gasteiger partial charge on any atom is 0.244 e. The minimum Gasteiger partial charge on any atom is -0.323 e. The Bertz CT molecular complexity index is 845. The van der Waals surface area contributed by atoms with Crippen molar-refractivity contribution < 1.29 is 9.59 Å². The van der Waals surface area contributed by atoms with Crippen LogP contribution < -0.4 is 10.2 Å². The number of aryl methyl sites for hydroxylation is 1. The molecule has 1 aromatic carbocycles. The number of hydrogen-bond acceptors (Lipinski definition) is 5. The van der Waals surface area contributed by atoms with Crippen molar-refractivity contribution in [2.45, 2.75) is 43.1 Å². The van der Waals surface area contributed by atoms with Crippen molar-refractivity contribution >= 4 is 35.0 Å². The van der Waals surface area contributed by atoms with Crippen molar-refractivity contribution in [3.8, 4) is 0 Å². The average molecular weight is 357 g/mol. The van der Waals surface area contributed by atoms with Crippen LogP contribution in [-0.4, -0.2) is 38.4 Å². The number of rotatable bonds is 4. The van der Waals surface area contributed by atoms with E-state index in [0.717, 1.165) is 29.5 Å². The van der Waals surface area contributed by atoms with Crippen molar-refractivity contribution in [1.82, 2.24) is 14.8 Å². The highest BCUT2D eigenvalue weighted by Gasteiger charge is 2.33. The van der Waals surface area contributed by atoms with Gasteiger partial charge in [-0.05, 0) is 38.8 Å². The number of carbonyl (C=O) groups is 2. The van der Waals surface area contributed by atoms with Gasteiger partial charge in [-0.3, -0.25) is 14.5 Å². The topological polar surface area (TPSA) is 80.1 Å². The van der Waals surface area contributed by atoms with Crippen LogP contribution in [0.25, 0.3) is 0 Å². The monoisotopic (exact) mass is 357 g/mol. The fourth-order valence-corrected chi connectivity index (χ4v) is 4.07. The molecule has 25 heavy (non-hydrogen) atoms. The van der Waals surface area contributed by atoms with E-state index in [2.05, 4.69) is 20.1 Å². The van der Waals surface area contributed by atoms with Gasteiger partial charge in [-0.2, -0.15) is 0 Å². The summed E-state index contributed by atoms with van der Waals surface area (Å²) in [5, 5.41) is 11.6. The smallest absolute Gasteiger partial charge is 0.244 e. The third-order valence-corrected chi connectivity index (χ3v) is 5.46. The molecule has 1 aromatic heterocycles. The highest BCUT2D eigenvalue weighted by molar-refractivity contribution is 8.00. The quantitative estimate of drug-likeness (QED) is 0.850. The molecule has 2 aliphatic rings. The highest BCUT2D eigenvalue weighted by Crippen LogP contribution is 2.39. The Morgan fingerprint density at radius 3 is 2.84 bits per heavy atom. The summed E-state index contributed by atoms with van der Waals surface area (Å²) in [5.74, 6) is 0.601. The lowest BCUT2D eigenvalue weighted by Crippen LogP contribution is -2.45. The van der Waals surface area contributed by atoms with Crippen LogP contribution in [0, 0.1) is 6.92 Å². The number of nitrogens with one attached hydrogen (secondary N) is 1. The summed E-state index contributed by atoms with van der Waals surface area (Å²) in [5.41, 5.74) is 1.40. The van der Waals surface area contributed by atoms with Gasteiger partial charge in [0.2, 0.25) is 11.8 Å². The molecule has 0 bridgehead atoms. The molecule has 0 radical (unpaired) electrons. The predicted molar refractivity (Wildman–Crippen MR) is 95.8 cm³/mol. The van der Waals surface area contributed by atoms with E-state index in [1.165, 1.54) is 11.8 Å². The van der Waals surface area contributed by atoms with E-state index >= 15 is 0 Å². The summed E-state index contributed by atoms with van der Waals surface area (Å²) in [4.78, 5) is 26.5. The fourth-order valence-electron chi connectivity index (χ4n) is 3.04. The maximum atomic E-state index is 13.0. The average Bonchev–Trinajstić information content (AvgIpc) is 3.37. The third-order valence-electron chi connectivity index (χ3n) is 4.41. The number of nitrogens with zero attached hydrogens (tertiary/aromatic N) is 4. The number of anilines is 2. The van der Waals surface area contributed by atoms with Gasteiger partial charge in [-0.1, -0.05) is 23.9 Å². The van der Waals surface area contributed by atoms with Gasteiger partial charge in [0.1, 0.15) is 12.4 Å². The van der Waals surface area contributed by atoms with Crippen LogP contribution in [0.3, 0.4) is 0 Å². The second kappa shape index (κ2) is 6.18. The normalized spacial score (nSPS) is 17.8. The molecule has 1 fully saturated rings. The summed E-state index contributed by atoms with van der Waals surface area (Å²) in [7, 11) is 0. The van der Waals surface area contributed by atoms with E-state index < -0.39 is 0 Å². The molecule has 130 valence electrons. The third kappa shape index (κ3) is 3.02. The van der Waals surface area contributed by atoms with Crippen LogP contribution >= 0.6 is 11.8 Å². The van der Waals surface area contributed by atoms with Crippen molar-refractivity contribution in [2.75, 3.05) is 16.8 Å². The second-order valence-corrected chi connectivity index (χ2v) is 7.69. The highest BCUT2D eigenvalue weighted by atomic mass is 32.2. The van der Waals surface area contributed by atoms with Gasteiger partial charge in [0.25, 0.3) is 0 Å². The lowest BCUT2D eigenvalue weighted by Gasteiger charge is -2.30. The van der Waals surface area contributed by atoms with Crippen molar-refractivity contribution in [2.24, 2.45) is 0 Å². The maximum absolute atomic E-state index is 13.0. The first-order valence-electron chi connectivity index (χ1n) is 8.33. The Labute approximate surface area is 149 Å². The zero-order valence-corrected chi connectivity index (χ0v) is 14.9. The first-order chi connectivity index (χ1) is 12.0.